The number of morpholine rings is 2. The number of hydrogen-bond donors (Lipinski definition) is 0. The van der Waals surface area contributed by atoms with E-state index in [1.54, 1.807) is 30.5 Å². The van der Waals surface area contributed by atoms with E-state index < -0.39 is 11.7 Å². The van der Waals surface area contributed by atoms with Gasteiger partial charge >= 0.3 is 6.18 Å². The summed E-state index contributed by atoms with van der Waals surface area (Å²) in [5, 5.41) is 4.62. The maximum atomic E-state index is 13.5. The lowest BCUT2D eigenvalue weighted by Gasteiger charge is -2.42. The van der Waals surface area contributed by atoms with Crippen LogP contribution in [0.3, 0.4) is 0 Å². The second kappa shape index (κ2) is 10.8. The molecule has 0 spiro atoms. The normalized spacial score (nSPS) is 23.4. The van der Waals surface area contributed by atoms with Crippen LogP contribution in [-0.2, 0) is 27.0 Å². The van der Waals surface area contributed by atoms with E-state index in [4.69, 9.17) is 21.1 Å². The van der Waals surface area contributed by atoms with Crippen molar-refractivity contribution in [2.45, 2.75) is 24.9 Å². The average Bonchev–Trinajstić information content (AvgIpc) is 3.44. The van der Waals surface area contributed by atoms with E-state index in [0.717, 1.165) is 24.4 Å². The minimum atomic E-state index is -4.55. The van der Waals surface area contributed by atoms with Gasteiger partial charge in [-0.2, -0.15) is 18.3 Å². The maximum Gasteiger partial charge on any atom is 0.416 e. The second-order valence-corrected chi connectivity index (χ2v) is 11.3. The third-order valence-electron chi connectivity index (χ3n) is 7.23. The van der Waals surface area contributed by atoms with Crippen molar-refractivity contribution < 1.29 is 32.2 Å². The van der Waals surface area contributed by atoms with Crippen LogP contribution in [0.4, 0.5) is 18.0 Å². The molecule has 0 radical (unpaired) electrons. The zero-order chi connectivity index (χ0) is 28.0. The molecule has 2 atom stereocenters. The van der Waals surface area contributed by atoms with Crippen molar-refractivity contribution in [3.8, 4) is 0 Å². The molecular formula is C27H24ClF3N4O4S. The summed E-state index contributed by atoms with van der Waals surface area (Å²) in [4.78, 5) is 29.6. The van der Waals surface area contributed by atoms with Gasteiger partial charge in [0, 0.05) is 23.5 Å². The Bertz CT molecular complexity index is 1510. The van der Waals surface area contributed by atoms with E-state index in [1.807, 2.05) is 0 Å². The summed E-state index contributed by atoms with van der Waals surface area (Å²) in [5.41, 5.74) is 0.541. The highest BCUT2D eigenvalue weighted by molar-refractivity contribution is 8.18. The quantitative estimate of drug-likeness (QED) is 0.390. The van der Waals surface area contributed by atoms with Crippen LogP contribution in [0.2, 0.25) is 5.02 Å². The topological polar surface area (TPSA) is 76.9 Å². The molecule has 2 aromatic carbocycles. The first-order chi connectivity index (χ1) is 19.2. The number of hydrogen-bond acceptors (Lipinski definition) is 7. The van der Waals surface area contributed by atoms with Gasteiger partial charge in [-0.25, -0.2) is 0 Å². The standard InChI is InChI=1S/C27H24ClF3N4O4S/c28-19-3-2-17(22(9-19)27(29,30)31)11-35-23-4-1-16(7-18(23)10-32-35)8-24-25(36)34(26(37)40-24)13-21-12-33-5-6-38-14-20(33)15-39-21/h1-4,7-10,20-21H,5-6,11-15H2. The second-order valence-electron chi connectivity index (χ2n) is 9.89. The van der Waals surface area contributed by atoms with Gasteiger partial charge in [-0.1, -0.05) is 23.7 Å². The van der Waals surface area contributed by atoms with Crippen LogP contribution in [0.1, 0.15) is 16.7 Å². The van der Waals surface area contributed by atoms with E-state index in [-0.39, 0.29) is 47.0 Å². The van der Waals surface area contributed by atoms with Gasteiger partial charge in [0.05, 0.1) is 67.2 Å². The van der Waals surface area contributed by atoms with E-state index in [1.165, 1.54) is 21.7 Å². The minimum Gasteiger partial charge on any atom is -0.378 e. The number of rotatable bonds is 5. The number of nitrogens with zero attached hydrogens (tertiary/aromatic N) is 4. The largest absolute Gasteiger partial charge is 0.416 e. The Balaban J connectivity index is 1.17. The number of halogens is 4. The van der Waals surface area contributed by atoms with Gasteiger partial charge in [0.1, 0.15) is 0 Å². The third-order valence-corrected chi connectivity index (χ3v) is 8.38. The number of fused-ring (bicyclic) bond motifs is 2. The number of amides is 2. The lowest BCUT2D eigenvalue weighted by atomic mass is 10.1. The Labute approximate surface area is 236 Å². The van der Waals surface area contributed by atoms with Gasteiger partial charge in [0.25, 0.3) is 11.1 Å². The van der Waals surface area contributed by atoms with Gasteiger partial charge in [-0.05, 0) is 53.2 Å². The first kappa shape index (κ1) is 27.3. The number of ether oxygens (including phenoxy) is 2. The van der Waals surface area contributed by atoms with Crippen molar-refractivity contribution in [1.29, 1.82) is 0 Å². The SMILES string of the molecule is O=C1SC(=Cc2ccc3c(cnn3Cc3ccc(Cl)cc3C(F)(F)F)c2)C(=O)N1CC1CN2CCOCC2CO1. The van der Waals surface area contributed by atoms with Crippen LogP contribution in [0, 0.1) is 0 Å². The molecule has 6 rings (SSSR count). The van der Waals surface area contributed by atoms with Gasteiger partial charge in [0.2, 0.25) is 0 Å². The van der Waals surface area contributed by atoms with Crippen LogP contribution < -0.4 is 0 Å². The van der Waals surface area contributed by atoms with Crippen LogP contribution in [0.5, 0.6) is 0 Å². The molecule has 0 bridgehead atoms. The van der Waals surface area contributed by atoms with E-state index in [0.29, 0.717) is 47.7 Å². The molecule has 0 N–H and O–H groups in total. The Morgan fingerprint density at radius 3 is 2.83 bits per heavy atom. The molecular weight excluding hydrogens is 569 g/mol. The Morgan fingerprint density at radius 1 is 1.15 bits per heavy atom. The fourth-order valence-corrected chi connectivity index (χ4v) is 6.22. The number of carbonyl (C=O) groups is 2. The number of imide groups is 1. The number of aromatic nitrogens is 2. The highest BCUT2D eigenvalue weighted by Crippen LogP contribution is 2.35. The summed E-state index contributed by atoms with van der Waals surface area (Å²) < 4.78 is 53.5. The smallest absolute Gasteiger partial charge is 0.378 e. The summed E-state index contributed by atoms with van der Waals surface area (Å²) in [6.45, 7) is 3.30. The van der Waals surface area contributed by atoms with Crippen molar-refractivity contribution in [3.63, 3.8) is 0 Å². The van der Waals surface area contributed by atoms with Gasteiger partial charge in [-0.3, -0.25) is 24.1 Å². The highest BCUT2D eigenvalue weighted by Gasteiger charge is 2.39. The molecule has 210 valence electrons. The molecule has 4 heterocycles. The Kier molecular flexibility index (Phi) is 7.38. The number of benzene rings is 2. The maximum absolute atomic E-state index is 13.5. The fourth-order valence-electron chi connectivity index (χ4n) is 5.20. The molecule has 3 fully saturated rings. The number of thioether (sulfide) groups is 1. The first-order valence-corrected chi connectivity index (χ1v) is 13.8. The molecule has 3 saturated heterocycles. The summed E-state index contributed by atoms with van der Waals surface area (Å²) in [6.07, 6.45) is -1.61. The number of carbonyl (C=O) groups excluding carboxylic acids is 2. The first-order valence-electron chi connectivity index (χ1n) is 12.7. The summed E-state index contributed by atoms with van der Waals surface area (Å²) in [5.74, 6) is -0.374. The lowest BCUT2D eigenvalue weighted by Crippen LogP contribution is -2.57. The van der Waals surface area contributed by atoms with E-state index >= 15 is 0 Å². The van der Waals surface area contributed by atoms with Crippen LogP contribution in [0.25, 0.3) is 17.0 Å². The van der Waals surface area contributed by atoms with Crippen molar-refractivity contribution >= 4 is 51.5 Å². The lowest BCUT2D eigenvalue weighted by molar-refractivity contribution is -0.138. The van der Waals surface area contributed by atoms with E-state index in [2.05, 4.69) is 10.00 Å². The fraction of sp³-hybridized carbons (Fsp3) is 0.370. The predicted octanol–water partition coefficient (Wildman–Crippen LogP) is 4.89. The van der Waals surface area contributed by atoms with Crippen molar-refractivity contribution in [2.75, 3.05) is 39.5 Å². The molecule has 1 aromatic heterocycles. The monoisotopic (exact) mass is 592 g/mol. The molecule has 2 amide bonds. The minimum absolute atomic E-state index is 0.00691. The Morgan fingerprint density at radius 2 is 2.00 bits per heavy atom. The molecule has 3 aromatic rings. The zero-order valence-corrected chi connectivity index (χ0v) is 22.6. The number of alkyl halides is 3. The molecule has 0 aliphatic carbocycles. The highest BCUT2D eigenvalue weighted by atomic mass is 35.5. The molecule has 8 nitrogen and oxygen atoms in total. The van der Waals surface area contributed by atoms with Crippen LogP contribution in [-0.4, -0.2) is 82.3 Å². The van der Waals surface area contributed by atoms with Gasteiger partial charge in [0.15, 0.2) is 0 Å². The van der Waals surface area contributed by atoms with Gasteiger partial charge < -0.3 is 9.47 Å². The summed E-state index contributed by atoms with van der Waals surface area (Å²) >= 11 is 6.68. The zero-order valence-electron chi connectivity index (χ0n) is 21.1. The average molecular weight is 593 g/mol. The van der Waals surface area contributed by atoms with Crippen LogP contribution >= 0.6 is 23.4 Å². The summed E-state index contributed by atoms with van der Waals surface area (Å²) in [7, 11) is 0. The molecule has 0 saturated carbocycles. The van der Waals surface area contributed by atoms with Gasteiger partial charge in [-0.15, -0.1) is 0 Å². The Hall–Kier alpha value is -2.90. The van der Waals surface area contributed by atoms with Crippen molar-refractivity contribution in [3.05, 3.63) is 69.2 Å². The molecule has 3 aliphatic heterocycles. The molecule has 13 heteroatoms. The third kappa shape index (κ3) is 5.51. The van der Waals surface area contributed by atoms with E-state index in [9.17, 15) is 22.8 Å². The van der Waals surface area contributed by atoms with Crippen molar-refractivity contribution in [1.82, 2.24) is 19.6 Å². The predicted molar refractivity (Wildman–Crippen MR) is 144 cm³/mol. The van der Waals surface area contributed by atoms with Crippen molar-refractivity contribution in [2.24, 2.45) is 0 Å². The molecule has 40 heavy (non-hydrogen) atoms. The van der Waals surface area contributed by atoms with Crippen LogP contribution in [0.15, 0.2) is 47.5 Å². The molecule has 3 aliphatic rings. The molecule has 2 unspecified atom stereocenters. The summed E-state index contributed by atoms with van der Waals surface area (Å²) in [6, 6.07) is 9.14.